The van der Waals surface area contributed by atoms with E-state index in [2.05, 4.69) is 19.1 Å². The Hall–Kier alpha value is -1.31. The fourth-order valence-corrected chi connectivity index (χ4v) is 2.20. The molecule has 86 valence electrons. The van der Waals surface area contributed by atoms with Gasteiger partial charge in [0.15, 0.2) is 0 Å². The first-order valence-electron chi connectivity index (χ1n) is 5.86. The molecule has 2 rings (SSSR count). The van der Waals surface area contributed by atoms with Crippen LogP contribution in [0.3, 0.4) is 0 Å². The second kappa shape index (κ2) is 4.28. The van der Waals surface area contributed by atoms with Crippen LogP contribution in [0.4, 0.5) is 0 Å². The van der Waals surface area contributed by atoms with Crippen LogP contribution < -0.4 is 0 Å². The minimum atomic E-state index is -0.271. The molecule has 2 atom stereocenters. The second-order valence-electron chi connectivity index (χ2n) is 4.88. The Morgan fingerprint density at radius 3 is 2.62 bits per heavy atom. The SMILES string of the molecule is C[C@@H]1CC(=O)O[C@@]1(C)CCc1ccccc1. The largest absolute Gasteiger partial charge is 0.459 e. The number of carbonyl (C=O) groups excluding carboxylic acids is 1. The first-order valence-corrected chi connectivity index (χ1v) is 5.86. The van der Waals surface area contributed by atoms with Crippen LogP contribution in [0.2, 0.25) is 0 Å². The highest BCUT2D eigenvalue weighted by Gasteiger charge is 2.42. The molecule has 2 nitrogen and oxygen atoms in total. The molecule has 1 fully saturated rings. The van der Waals surface area contributed by atoms with Gasteiger partial charge >= 0.3 is 5.97 Å². The van der Waals surface area contributed by atoms with Crippen molar-refractivity contribution in [2.24, 2.45) is 5.92 Å². The van der Waals surface area contributed by atoms with Crippen LogP contribution in [0.15, 0.2) is 30.3 Å². The molecule has 0 saturated carbocycles. The first-order chi connectivity index (χ1) is 7.60. The predicted octanol–water partition coefficient (Wildman–Crippen LogP) is 2.96. The predicted molar refractivity (Wildman–Crippen MR) is 63.0 cm³/mol. The Morgan fingerprint density at radius 1 is 1.38 bits per heavy atom. The zero-order chi connectivity index (χ0) is 11.6. The molecule has 1 aliphatic rings. The van der Waals surface area contributed by atoms with E-state index in [0.29, 0.717) is 12.3 Å². The average molecular weight is 218 g/mol. The van der Waals surface area contributed by atoms with E-state index in [1.807, 2.05) is 25.1 Å². The van der Waals surface area contributed by atoms with Crippen LogP contribution in [0.25, 0.3) is 0 Å². The van der Waals surface area contributed by atoms with E-state index in [0.717, 1.165) is 12.8 Å². The summed E-state index contributed by atoms with van der Waals surface area (Å²) in [5.74, 6) is 0.270. The van der Waals surface area contributed by atoms with Gasteiger partial charge in [-0.25, -0.2) is 0 Å². The highest BCUT2D eigenvalue weighted by molar-refractivity contribution is 5.72. The Balaban J connectivity index is 1.98. The van der Waals surface area contributed by atoms with Gasteiger partial charge in [0.2, 0.25) is 0 Å². The lowest BCUT2D eigenvalue weighted by Gasteiger charge is -2.27. The van der Waals surface area contributed by atoms with E-state index < -0.39 is 0 Å². The van der Waals surface area contributed by atoms with Crippen molar-refractivity contribution < 1.29 is 9.53 Å². The van der Waals surface area contributed by atoms with Crippen LogP contribution in [0, 0.1) is 5.92 Å². The summed E-state index contributed by atoms with van der Waals surface area (Å²) in [5, 5.41) is 0. The normalized spacial score (nSPS) is 29.1. The minimum absolute atomic E-state index is 0.0527. The number of ether oxygens (including phenoxy) is 1. The maximum atomic E-state index is 11.3. The van der Waals surface area contributed by atoms with Crippen LogP contribution in [0.5, 0.6) is 0 Å². The van der Waals surface area contributed by atoms with Crippen molar-refractivity contribution in [2.45, 2.75) is 38.7 Å². The summed E-state index contributed by atoms with van der Waals surface area (Å²) in [7, 11) is 0. The number of carbonyl (C=O) groups is 1. The number of hydrogen-bond donors (Lipinski definition) is 0. The molecule has 0 amide bonds. The van der Waals surface area contributed by atoms with Gasteiger partial charge in [-0.1, -0.05) is 37.3 Å². The quantitative estimate of drug-likeness (QED) is 0.729. The molecule has 16 heavy (non-hydrogen) atoms. The number of rotatable bonds is 3. The highest BCUT2D eigenvalue weighted by Crippen LogP contribution is 2.36. The average Bonchev–Trinajstić information content (AvgIpc) is 2.52. The Kier molecular flexibility index (Phi) is 2.99. The Morgan fingerprint density at radius 2 is 2.06 bits per heavy atom. The standard InChI is InChI=1S/C14H18O2/c1-11-10-13(15)16-14(11,2)9-8-12-6-4-3-5-7-12/h3-7,11H,8-10H2,1-2H3/t11-,14+/m1/s1. The molecule has 1 heterocycles. The van der Waals surface area contributed by atoms with Crippen molar-refractivity contribution in [3.05, 3.63) is 35.9 Å². The summed E-state index contributed by atoms with van der Waals surface area (Å²) in [5.41, 5.74) is 1.03. The van der Waals surface area contributed by atoms with Gasteiger partial charge in [0.05, 0.1) is 6.42 Å². The van der Waals surface area contributed by atoms with Gasteiger partial charge in [-0.2, -0.15) is 0 Å². The maximum absolute atomic E-state index is 11.3. The molecule has 2 heteroatoms. The molecule has 0 bridgehead atoms. The van der Waals surface area contributed by atoms with Gasteiger partial charge in [-0.15, -0.1) is 0 Å². The van der Waals surface area contributed by atoms with Gasteiger partial charge in [-0.05, 0) is 25.3 Å². The third-order valence-electron chi connectivity index (χ3n) is 3.62. The second-order valence-corrected chi connectivity index (χ2v) is 4.88. The summed E-state index contributed by atoms with van der Waals surface area (Å²) in [6.45, 7) is 4.14. The molecule has 0 aromatic heterocycles. The van der Waals surface area contributed by atoms with Gasteiger partial charge in [0.1, 0.15) is 5.60 Å². The smallest absolute Gasteiger partial charge is 0.306 e. The van der Waals surface area contributed by atoms with Crippen LogP contribution in [-0.2, 0) is 16.0 Å². The summed E-state index contributed by atoms with van der Waals surface area (Å²) >= 11 is 0. The van der Waals surface area contributed by atoms with Crippen LogP contribution in [0.1, 0.15) is 32.3 Å². The topological polar surface area (TPSA) is 26.3 Å². The van der Waals surface area contributed by atoms with Crippen molar-refractivity contribution >= 4 is 5.97 Å². The summed E-state index contributed by atoms with van der Waals surface area (Å²) < 4.78 is 5.44. The van der Waals surface area contributed by atoms with E-state index in [4.69, 9.17) is 4.74 Å². The molecular weight excluding hydrogens is 200 g/mol. The summed E-state index contributed by atoms with van der Waals surface area (Å²) in [4.78, 5) is 11.3. The lowest BCUT2D eigenvalue weighted by Crippen LogP contribution is -2.30. The van der Waals surface area contributed by atoms with Crippen molar-refractivity contribution in [3.8, 4) is 0 Å². The van der Waals surface area contributed by atoms with Crippen LogP contribution in [-0.4, -0.2) is 11.6 Å². The maximum Gasteiger partial charge on any atom is 0.306 e. The number of cyclic esters (lactones) is 1. The molecular formula is C14H18O2. The number of hydrogen-bond acceptors (Lipinski definition) is 2. The lowest BCUT2D eigenvalue weighted by atomic mass is 9.85. The first kappa shape index (κ1) is 11.2. The molecule has 0 N–H and O–H groups in total. The molecule has 0 aliphatic carbocycles. The van der Waals surface area contributed by atoms with E-state index in [9.17, 15) is 4.79 Å². The van der Waals surface area contributed by atoms with Gasteiger partial charge in [0, 0.05) is 5.92 Å². The lowest BCUT2D eigenvalue weighted by molar-refractivity contribution is -0.148. The van der Waals surface area contributed by atoms with Crippen molar-refractivity contribution in [3.63, 3.8) is 0 Å². The third-order valence-corrected chi connectivity index (χ3v) is 3.62. The van der Waals surface area contributed by atoms with Crippen LogP contribution >= 0.6 is 0 Å². The molecule has 1 aromatic rings. The van der Waals surface area contributed by atoms with E-state index in [1.165, 1.54) is 5.56 Å². The zero-order valence-electron chi connectivity index (χ0n) is 9.90. The molecule has 1 aliphatic heterocycles. The van der Waals surface area contributed by atoms with Crippen molar-refractivity contribution in [1.82, 2.24) is 0 Å². The van der Waals surface area contributed by atoms with Gasteiger partial charge < -0.3 is 4.74 Å². The fourth-order valence-electron chi connectivity index (χ4n) is 2.20. The third kappa shape index (κ3) is 2.26. The number of benzene rings is 1. The van der Waals surface area contributed by atoms with Gasteiger partial charge in [-0.3, -0.25) is 4.79 Å². The molecule has 0 unspecified atom stereocenters. The van der Waals surface area contributed by atoms with E-state index >= 15 is 0 Å². The van der Waals surface area contributed by atoms with Gasteiger partial charge in [0.25, 0.3) is 0 Å². The number of aryl methyl sites for hydroxylation is 1. The Bertz CT molecular complexity index is 372. The molecule has 0 spiro atoms. The molecule has 1 saturated heterocycles. The fraction of sp³-hybridized carbons (Fsp3) is 0.500. The highest BCUT2D eigenvalue weighted by atomic mass is 16.6. The molecule has 0 radical (unpaired) electrons. The Labute approximate surface area is 96.6 Å². The monoisotopic (exact) mass is 218 g/mol. The number of esters is 1. The zero-order valence-corrected chi connectivity index (χ0v) is 9.90. The molecule has 1 aromatic carbocycles. The van der Waals surface area contributed by atoms with E-state index in [-0.39, 0.29) is 11.6 Å². The van der Waals surface area contributed by atoms with E-state index in [1.54, 1.807) is 0 Å². The summed E-state index contributed by atoms with van der Waals surface area (Å²) in [6, 6.07) is 10.3. The summed E-state index contributed by atoms with van der Waals surface area (Å²) in [6.07, 6.45) is 2.43. The minimum Gasteiger partial charge on any atom is -0.459 e. The van der Waals surface area contributed by atoms with Crippen molar-refractivity contribution in [1.29, 1.82) is 0 Å². The van der Waals surface area contributed by atoms with Crippen molar-refractivity contribution in [2.75, 3.05) is 0 Å².